The molecule has 0 spiro atoms. The van der Waals surface area contributed by atoms with Gasteiger partial charge in [-0.3, -0.25) is 24.2 Å². The van der Waals surface area contributed by atoms with E-state index < -0.39 is 110 Å². The number of sulfonamides is 1. The van der Waals surface area contributed by atoms with Crippen molar-refractivity contribution in [3.8, 4) is 0 Å². The number of aromatic nitrogens is 1. The molecule has 0 bridgehead atoms. The molecule has 1 aromatic heterocycles. The van der Waals surface area contributed by atoms with Gasteiger partial charge in [0.15, 0.2) is 0 Å². The number of carbonyl (C=O) groups excluding carboxylic acids is 4. The molecule has 3 amide bonds. The van der Waals surface area contributed by atoms with Crippen molar-refractivity contribution in [3.05, 3.63) is 58.9 Å². The second-order valence-electron chi connectivity index (χ2n) is 13.5. The number of alkyl halides is 3. The highest BCUT2D eigenvalue weighted by atomic mass is 35.5. The number of benzene rings is 1. The maximum atomic E-state index is 13.4. The first-order valence-electron chi connectivity index (χ1n) is 15.4. The van der Waals surface area contributed by atoms with Gasteiger partial charge < -0.3 is 25.8 Å². The molecule has 19 heteroatoms. The Kier molecular flexibility index (Phi) is 14.5. The lowest BCUT2D eigenvalue weighted by atomic mass is 9.86. The number of nitrogens with zero attached hydrogens (tertiary/aromatic N) is 1. The van der Waals surface area contributed by atoms with Crippen molar-refractivity contribution >= 4 is 51.3 Å². The van der Waals surface area contributed by atoms with Crippen molar-refractivity contribution in [2.24, 2.45) is 5.41 Å². The normalized spacial score (nSPS) is 14.1. The zero-order valence-corrected chi connectivity index (χ0v) is 30.3. The molecular weight excluding hydrogens is 723 g/mol. The molecule has 1 heterocycles. The molecule has 14 nitrogen and oxygen atoms in total. The molecule has 3 atom stereocenters. The van der Waals surface area contributed by atoms with E-state index in [-0.39, 0.29) is 6.42 Å². The van der Waals surface area contributed by atoms with Gasteiger partial charge in [-0.05, 0) is 68.5 Å². The minimum absolute atomic E-state index is 0.0552. The van der Waals surface area contributed by atoms with Gasteiger partial charge in [0.1, 0.15) is 23.7 Å². The van der Waals surface area contributed by atoms with Gasteiger partial charge in [-0.25, -0.2) is 13.2 Å². The summed E-state index contributed by atoms with van der Waals surface area (Å²) in [6, 6.07) is 0.715. The summed E-state index contributed by atoms with van der Waals surface area (Å²) in [5, 5.41) is 16.1. The number of nitrogens with one attached hydrogen (secondary N) is 4. The third-order valence-corrected chi connectivity index (χ3v) is 8.69. The Morgan fingerprint density at radius 1 is 0.922 bits per heavy atom. The molecule has 51 heavy (non-hydrogen) atoms. The lowest BCUT2D eigenvalue weighted by Crippen LogP contribution is -2.56. The Hall–Kier alpha value is -4.29. The van der Waals surface area contributed by atoms with Gasteiger partial charge in [-0.1, -0.05) is 32.4 Å². The van der Waals surface area contributed by atoms with Gasteiger partial charge in [-0.2, -0.15) is 17.9 Å². The van der Waals surface area contributed by atoms with Crippen molar-refractivity contribution in [2.45, 2.75) is 95.6 Å². The summed E-state index contributed by atoms with van der Waals surface area (Å²) in [5.74, 6) is -4.89. The van der Waals surface area contributed by atoms with E-state index in [2.05, 4.69) is 20.9 Å². The first-order chi connectivity index (χ1) is 23.3. The highest BCUT2D eigenvalue weighted by molar-refractivity contribution is 7.89. The first kappa shape index (κ1) is 42.9. The fraction of sp³-hybridized carbons (Fsp3) is 0.500. The van der Waals surface area contributed by atoms with E-state index in [1.807, 2.05) is 4.72 Å². The molecule has 2 aromatic rings. The molecule has 282 valence electrons. The fourth-order valence-corrected chi connectivity index (χ4v) is 5.85. The van der Waals surface area contributed by atoms with E-state index in [1.165, 1.54) is 33.2 Å². The van der Waals surface area contributed by atoms with Gasteiger partial charge in [0.2, 0.25) is 27.7 Å². The fourth-order valence-electron chi connectivity index (χ4n) is 4.39. The van der Waals surface area contributed by atoms with Crippen LogP contribution in [0.1, 0.15) is 65.5 Å². The zero-order valence-electron chi connectivity index (χ0n) is 28.7. The molecule has 0 saturated heterocycles. The Morgan fingerprint density at radius 2 is 1.53 bits per heavy atom. The van der Waals surface area contributed by atoms with E-state index in [9.17, 15) is 50.7 Å². The molecule has 5 N–H and O–H groups in total. The second kappa shape index (κ2) is 17.3. The summed E-state index contributed by atoms with van der Waals surface area (Å²) < 4.78 is 73.5. The number of rotatable bonds is 15. The van der Waals surface area contributed by atoms with Gasteiger partial charge in [-0.15, -0.1) is 0 Å². The average Bonchev–Trinajstić information content (AvgIpc) is 2.98. The molecule has 0 radical (unpaired) electrons. The van der Waals surface area contributed by atoms with Crippen molar-refractivity contribution in [1.29, 1.82) is 0 Å². The average molecular weight is 764 g/mol. The van der Waals surface area contributed by atoms with Crippen LogP contribution in [0, 0.1) is 5.41 Å². The van der Waals surface area contributed by atoms with E-state index in [4.69, 9.17) is 16.3 Å². The predicted molar refractivity (Wildman–Crippen MR) is 178 cm³/mol. The summed E-state index contributed by atoms with van der Waals surface area (Å²) >= 11 is 5.60. The van der Waals surface area contributed by atoms with Crippen LogP contribution in [-0.2, 0) is 51.3 Å². The highest BCUT2D eigenvalue weighted by Crippen LogP contribution is 2.36. The van der Waals surface area contributed by atoms with Crippen molar-refractivity contribution < 1.29 is 55.4 Å². The van der Waals surface area contributed by atoms with Crippen LogP contribution in [-0.4, -0.2) is 78.4 Å². The number of esters is 1. The van der Waals surface area contributed by atoms with E-state index in [0.29, 0.717) is 11.6 Å². The van der Waals surface area contributed by atoms with Crippen LogP contribution < -0.4 is 20.7 Å². The maximum absolute atomic E-state index is 13.4. The SMILES string of the molecule is CC(C)(C)OC(=O)[C@H](CCC(=O)NCC(=O)N[C@@H](Cc1ccncc1)C(=O)N[C@H](C(=O)O)C(C)(C)C)NS(=O)(=O)c1ccc(Cl)c(C(F)(F)F)c1. The molecule has 1 aromatic carbocycles. The Morgan fingerprint density at radius 3 is 2.06 bits per heavy atom. The number of carboxylic acids is 1. The van der Waals surface area contributed by atoms with Gasteiger partial charge in [0, 0.05) is 25.2 Å². The third-order valence-electron chi connectivity index (χ3n) is 6.89. The van der Waals surface area contributed by atoms with Crippen LogP contribution in [0.5, 0.6) is 0 Å². The van der Waals surface area contributed by atoms with E-state index in [1.54, 1.807) is 32.9 Å². The van der Waals surface area contributed by atoms with Gasteiger partial charge >= 0.3 is 18.1 Å². The Balaban J connectivity index is 2.16. The first-order valence-corrected chi connectivity index (χ1v) is 17.3. The summed E-state index contributed by atoms with van der Waals surface area (Å²) in [7, 11) is -4.79. The van der Waals surface area contributed by atoms with E-state index >= 15 is 0 Å². The van der Waals surface area contributed by atoms with Crippen LogP contribution in [0.3, 0.4) is 0 Å². The smallest absolute Gasteiger partial charge is 0.417 e. The number of carboxylic acid groups (broad SMARTS) is 1. The molecule has 0 saturated carbocycles. The van der Waals surface area contributed by atoms with Crippen LogP contribution in [0.15, 0.2) is 47.6 Å². The number of pyridine rings is 1. The van der Waals surface area contributed by atoms with Crippen LogP contribution in [0.2, 0.25) is 5.02 Å². The zero-order chi connectivity index (χ0) is 38.9. The lowest BCUT2D eigenvalue weighted by Gasteiger charge is -2.29. The molecule has 2 rings (SSSR count). The van der Waals surface area contributed by atoms with Crippen molar-refractivity contribution in [2.75, 3.05) is 6.54 Å². The second-order valence-corrected chi connectivity index (χ2v) is 15.6. The molecule has 0 aliphatic rings. The number of hydrogen-bond acceptors (Lipinski definition) is 9. The van der Waals surface area contributed by atoms with Crippen LogP contribution >= 0.6 is 11.6 Å². The minimum atomic E-state index is -4.98. The number of carbonyl (C=O) groups is 5. The van der Waals surface area contributed by atoms with Crippen molar-refractivity contribution in [1.82, 2.24) is 25.7 Å². The number of halogens is 4. The quantitative estimate of drug-likeness (QED) is 0.168. The molecule has 0 unspecified atom stereocenters. The lowest BCUT2D eigenvalue weighted by molar-refractivity contribution is -0.157. The Bertz CT molecular complexity index is 1700. The number of ether oxygens (including phenoxy) is 1. The standard InChI is InChI=1S/C32H41ClF3N5O9S/c1-30(2,3)26(28(45)46)40-27(44)23(15-18-11-13-37-14-12-18)39-25(43)17-38-24(42)10-9-22(29(47)50-31(4,5)6)41-51(48,49)19-7-8-21(33)20(16-19)32(34,35)36/h7-8,11-14,16,22-23,26,41H,9-10,15,17H2,1-6H3,(H,38,42)(H,39,43)(H,40,44)(H,45,46)/t22-,23-,26+/m0/s1. The molecule has 0 aliphatic carbocycles. The largest absolute Gasteiger partial charge is 0.480 e. The molecule has 0 aliphatic heterocycles. The molecular formula is C32H41ClF3N5O9S. The third kappa shape index (κ3) is 14.1. The number of aliphatic carboxylic acids is 1. The van der Waals surface area contributed by atoms with Crippen molar-refractivity contribution in [3.63, 3.8) is 0 Å². The van der Waals surface area contributed by atoms with Gasteiger partial charge in [0.25, 0.3) is 0 Å². The maximum Gasteiger partial charge on any atom is 0.417 e. The summed E-state index contributed by atoms with van der Waals surface area (Å²) in [6.07, 6.45) is -3.20. The van der Waals surface area contributed by atoms with E-state index in [0.717, 1.165) is 12.1 Å². The summed E-state index contributed by atoms with van der Waals surface area (Å²) in [5.41, 5.74) is -2.83. The topological polar surface area (TPSA) is 210 Å². The molecule has 0 fully saturated rings. The summed E-state index contributed by atoms with van der Waals surface area (Å²) in [4.78, 5) is 66.5. The summed E-state index contributed by atoms with van der Waals surface area (Å²) in [6.45, 7) is 8.62. The monoisotopic (exact) mass is 763 g/mol. The predicted octanol–water partition coefficient (Wildman–Crippen LogP) is 2.98. The minimum Gasteiger partial charge on any atom is -0.480 e. The van der Waals surface area contributed by atoms with Gasteiger partial charge in [0.05, 0.1) is 22.0 Å². The number of hydrogen-bond donors (Lipinski definition) is 5. The number of amides is 3. The van der Waals surface area contributed by atoms with Crippen LogP contribution in [0.4, 0.5) is 13.2 Å². The highest BCUT2D eigenvalue weighted by Gasteiger charge is 2.37. The Labute approximate surface area is 298 Å². The van der Waals surface area contributed by atoms with Crippen LogP contribution in [0.25, 0.3) is 0 Å².